The highest BCUT2D eigenvalue weighted by Crippen LogP contribution is 2.55. The number of rotatable bonds is 12. The molecule has 0 aliphatic heterocycles. The summed E-state index contributed by atoms with van der Waals surface area (Å²) in [6.07, 6.45) is 0.115. The third-order valence-electron chi connectivity index (χ3n) is 3.56. The second-order valence-electron chi connectivity index (χ2n) is 7.03. The first-order valence-electron chi connectivity index (χ1n) is 9.40. The lowest BCUT2D eigenvalue weighted by Gasteiger charge is -2.20. The van der Waals surface area contributed by atoms with E-state index in [1.807, 2.05) is 20.8 Å². The van der Waals surface area contributed by atoms with Gasteiger partial charge in [-0.05, 0) is 33.8 Å². The fourth-order valence-corrected chi connectivity index (χ4v) is 6.04. The molecule has 1 aromatic heterocycles. The zero-order valence-electron chi connectivity index (χ0n) is 17.6. The predicted molar refractivity (Wildman–Crippen MR) is 107 cm³/mol. The van der Waals surface area contributed by atoms with Crippen molar-refractivity contribution in [1.82, 2.24) is 0 Å². The van der Waals surface area contributed by atoms with E-state index in [1.165, 1.54) is 0 Å². The SMILES string of the molecule is CCOP(=O)(Cc1cc(CP(=O)(OCC)OCC)c(C(C)(C)C)o1)OCC. The first-order chi connectivity index (χ1) is 12.5. The molecule has 7 nitrogen and oxygen atoms in total. The van der Waals surface area contributed by atoms with Crippen LogP contribution in [0.2, 0.25) is 0 Å². The highest BCUT2D eigenvalue weighted by Gasteiger charge is 2.33. The molecule has 0 fully saturated rings. The zero-order chi connectivity index (χ0) is 20.7. The second-order valence-corrected chi connectivity index (χ2v) is 11.1. The Morgan fingerprint density at radius 3 is 1.59 bits per heavy atom. The molecule has 1 aromatic rings. The molecule has 0 saturated carbocycles. The van der Waals surface area contributed by atoms with Crippen LogP contribution >= 0.6 is 15.2 Å². The summed E-state index contributed by atoms with van der Waals surface area (Å²) in [6.45, 7) is 14.2. The van der Waals surface area contributed by atoms with E-state index in [9.17, 15) is 9.13 Å². The largest absolute Gasteiger partial charge is 0.465 e. The smallest absolute Gasteiger partial charge is 0.338 e. The minimum absolute atomic E-state index is 0.0192. The van der Waals surface area contributed by atoms with Gasteiger partial charge in [0.15, 0.2) is 0 Å². The quantitative estimate of drug-likeness (QED) is 0.374. The Labute approximate surface area is 163 Å². The molecule has 1 heterocycles. The molecule has 0 atom stereocenters. The summed E-state index contributed by atoms with van der Waals surface area (Å²) >= 11 is 0. The van der Waals surface area contributed by atoms with E-state index in [0.717, 1.165) is 5.56 Å². The van der Waals surface area contributed by atoms with E-state index in [2.05, 4.69) is 0 Å². The Balaban J connectivity index is 3.25. The van der Waals surface area contributed by atoms with Gasteiger partial charge in [-0.2, -0.15) is 0 Å². The number of hydrogen-bond acceptors (Lipinski definition) is 7. The summed E-state index contributed by atoms with van der Waals surface area (Å²) in [6, 6.07) is 1.76. The van der Waals surface area contributed by atoms with Crippen molar-refractivity contribution in [3.63, 3.8) is 0 Å². The summed E-state index contributed by atoms with van der Waals surface area (Å²) in [5.74, 6) is 1.14. The molecule has 0 aliphatic rings. The molecule has 0 radical (unpaired) electrons. The zero-order valence-corrected chi connectivity index (χ0v) is 19.4. The summed E-state index contributed by atoms with van der Waals surface area (Å²) < 4.78 is 53.4. The van der Waals surface area contributed by atoms with Crippen molar-refractivity contribution in [2.24, 2.45) is 0 Å². The van der Waals surface area contributed by atoms with Crippen molar-refractivity contribution in [2.45, 2.75) is 66.2 Å². The highest BCUT2D eigenvalue weighted by atomic mass is 31.2. The van der Waals surface area contributed by atoms with Gasteiger partial charge in [-0.3, -0.25) is 9.13 Å². The highest BCUT2D eigenvalue weighted by molar-refractivity contribution is 7.53. The van der Waals surface area contributed by atoms with Gasteiger partial charge in [0, 0.05) is 11.0 Å². The van der Waals surface area contributed by atoms with Crippen molar-refractivity contribution >= 4 is 15.2 Å². The van der Waals surface area contributed by atoms with Gasteiger partial charge in [-0.1, -0.05) is 20.8 Å². The van der Waals surface area contributed by atoms with Gasteiger partial charge in [0.05, 0.1) is 32.6 Å². The van der Waals surface area contributed by atoms with Crippen LogP contribution in [0.4, 0.5) is 0 Å². The van der Waals surface area contributed by atoms with E-state index in [1.54, 1.807) is 33.8 Å². The maximum atomic E-state index is 13.0. The summed E-state index contributed by atoms with van der Waals surface area (Å²) in [4.78, 5) is 0. The van der Waals surface area contributed by atoms with E-state index >= 15 is 0 Å². The monoisotopic (exact) mass is 424 g/mol. The molecule has 0 spiro atoms. The Morgan fingerprint density at radius 1 is 0.815 bits per heavy atom. The molecule has 0 N–H and O–H groups in total. The fourth-order valence-electron chi connectivity index (χ4n) is 2.76. The van der Waals surface area contributed by atoms with Gasteiger partial charge in [-0.15, -0.1) is 0 Å². The molecule has 9 heteroatoms. The van der Waals surface area contributed by atoms with E-state index in [-0.39, 0.29) is 44.2 Å². The van der Waals surface area contributed by atoms with Crippen molar-refractivity contribution in [3.8, 4) is 0 Å². The van der Waals surface area contributed by atoms with E-state index in [0.29, 0.717) is 11.5 Å². The lowest BCUT2D eigenvalue weighted by atomic mass is 9.91. The van der Waals surface area contributed by atoms with E-state index in [4.69, 9.17) is 22.5 Å². The maximum Gasteiger partial charge on any atom is 0.338 e. The van der Waals surface area contributed by atoms with Gasteiger partial charge in [0.1, 0.15) is 17.7 Å². The molecule has 0 saturated heterocycles. The normalized spacial score (nSPS) is 13.3. The minimum Gasteiger partial charge on any atom is -0.465 e. The standard InChI is InChI=1S/C18H34O7P2/c1-8-21-26(19,22-9-2)13-15-12-16(25-17(15)18(5,6)7)14-27(20,23-10-3)24-11-4/h12H,8-11,13-14H2,1-7H3. The van der Waals surface area contributed by atoms with Crippen LogP contribution in [-0.4, -0.2) is 26.4 Å². The van der Waals surface area contributed by atoms with Crippen LogP contribution in [0, 0.1) is 0 Å². The summed E-state index contributed by atoms with van der Waals surface area (Å²) in [7, 11) is -6.59. The van der Waals surface area contributed by atoms with Crippen LogP contribution in [0.5, 0.6) is 0 Å². The first kappa shape index (κ1) is 24.6. The Morgan fingerprint density at radius 2 is 1.22 bits per heavy atom. The van der Waals surface area contributed by atoms with Crippen LogP contribution in [-0.2, 0) is 45.0 Å². The van der Waals surface area contributed by atoms with Crippen molar-refractivity contribution in [2.75, 3.05) is 26.4 Å². The van der Waals surface area contributed by atoms with Crippen LogP contribution in [0.25, 0.3) is 0 Å². The average molecular weight is 424 g/mol. The van der Waals surface area contributed by atoms with Gasteiger partial charge >= 0.3 is 15.2 Å². The molecule has 158 valence electrons. The molecule has 0 bridgehead atoms. The second kappa shape index (κ2) is 10.4. The van der Waals surface area contributed by atoms with Crippen LogP contribution in [0.15, 0.2) is 10.5 Å². The van der Waals surface area contributed by atoms with Gasteiger partial charge in [0.25, 0.3) is 0 Å². The molecule has 27 heavy (non-hydrogen) atoms. The van der Waals surface area contributed by atoms with Crippen LogP contribution in [0.1, 0.15) is 65.6 Å². The maximum absolute atomic E-state index is 13.0. The van der Waals surface area contributed by atoms with Crippen LogP contribution < -0.4 is 0 Å². The molecule has 0 aromatic carbocycles. The van der Waals surface area contributed by atoms with Crippen molar-refractivity contribution in [3.05, 3.63) is 23.2 Å². The molecule has 0 unspecified atom stereocenters. The number of furan rings is 1. The Bertz CT molecular complexity index is 656. The topological polar surface area (TPSA) is 84.2 Å². The van der Waals surface area contributed by atoms with Gasteiger partial charge < -0.3 is 22.5 Å². The lowest BCUT2D eigenvalue weighted by molar-refractivity contribution is 0.216. The van der Waals surface area contributed by atoms with Gasteiger partial charge in [-0.25, -0.2) is 0 Å². The molecular formula is C18H34O7P2. The average Bonchev–Trinajstić information content (AvgIpc) is 2.89. The Hall–Kier alpha value is -0.420. The molecular weight excluding hydrogens is 390 g/mol. The van der Waals surface area contributed by atoms with E-state index < -0.39 is 15.2 Å². The Kier molecular flexibility index (Phi) is 9.47. The summed E-state index contributed by atoms with van der Waals surface area (Å²) in [5.41, 5.74) is 0.389. The van der Waals surface area contributed by atoms with Crippen LogP contribution in [0.3, 0.4) is 0 Å². The molecule has 0 amide bonds. The van der Waals surface area contributed by atoms with Gasteiger partial charge in [0.2, 0.25) is 0 Å². The summed E-state index contributed by atoms with van der Waals surface area (Å²) in [5, 5.41) is 0. The van der Waals surface area contributed by atoms with Crippen molar-refractivity contribution in [1.29, 1.82) is 0 Å². The number of hydrogen-bond donors (Lipinski definition) is 0. The first-order valence-corrected chi connectivity index (χ1v) is 12.9. The fraction of sp³-hybridized carbons (Fsp3) is 0.778. The predicted octanol–water partition coefficient (Wildman–Crippen LogP) is 6.11. The third kappa shape index (κ3) is 7.49. The lowest BCUT2D eigenvalue weighted by Crippen LogP contribution is -2.13. The molecule has 0 aliphatic carbocycles. The minimum atomic E-state index is -3.30. The molecule has 1 rings (SSSR count). The third-order valence-corrected chi connectivity index (χ3v) is 7.59. The van der Waals surface area contributed by atoms with Crippen molar-refractivity contribution < 1.29 is 31.6 Å².